The maximum Gasteiger partial charge on any atom is 0.307 e. The largest absolute Gasteiger partial charge is 0.463 e. The number of hydrazone groups is 1. The van der Waals surface area contributed by atoms with Crippen molar-refractivity contribution in [2.75, 3.05) is 0 Å². The van der Waals surface area contributed by atoms with Crippen molar-refractivity contribution in [2.24, 2.45) is 5.10 Å². The topological polar surface area (TPSA) is 67.7 Å². The fourth-order valence-electron chi connectivity index (χ4n) is 1.76. The molecule has 1 N–H and O–H groups in total. The molecule has 5 nitrogen and oxygen atoms in total. The lowest BCUT2D eigenvalue weighted by atomic mass is 10.2. The Bertz CT molecular complexity index is 822. The van der Waals surface area contributed by atoms with Crippen LogP contribution in [0.2, 0.25) is 0 Å². The molecule has 1 amide bonds. The van der Waals surface area contributed by atoms with Crippen LogP contribution in [0.5, 0.6) is 0 Å². The summed E-state index contributed by atoms with van der Waals surface area (Å²) in [6.45, 7) is 0. The zero-order chi connectivity index (χ0) is 14.8. The van der Waals surface area contributed by atoms with E-state index in [2.05, 4.69) is 42.4 Å². The van der Waals surface area contributed by atoms with Crippen LogP contribution in [0, 0.1) is 0 Å². The molecule has 3 rings (SSSR count). The van der Waals surface area contributed by atoms with E-state index in [4.69, 9.17) is 8.83 Å². The summed E-state index contributed by atoms with van der Waals surface area (Å²) in [5.74, 6) is 0.295. The maximum absolute atomic E-state index is 12.0. The number of benzene rings is 1. The van der Waals surface area contributed by atoms with Gasteiger partial charge in [-0.2, -0.15) is 5.10 Å². The van der Waals surface area contributed by atoms with Gasteiger partial charge < -0.3 is 8.83 Å². The fourth-order valence-corrected chi connectivity index (χ4v) is 3.10. The zero-order valence-electron chi connectivity index (χ0n) is 10.5. The maximum atomic E-state index is 12.0. The number of rotatable bonds is 3. The third kappa shape index (κ3) is 3.08. The summed E-state index contributed by atoms with van der Waals surface area (Å²) in [6, 6.07) is 8.83. The standard InChI is InChI=1S/C14H8Br2N2O3/c15-9-4-8-5-12(21-13(8)11(16)6-9)14(19)18-17-7-10-2-1-3-20-10/h1-7H,(H,18,19)/b17-7-. The first-order valence-electron chi connectivity index (χ1n) is 5.89. The Hall–Kier alpha value is -1.86. The lowest BCUT2D eigenvalue weighted by molar-refractivity contribution is 0.0929. The van der Waals surface area contributed by atoms with Crippen LogP contribution in [0.15, 0.2) is 59.5 Å². The quantitative estimate of drug-likeness (QED) is 0.515. The van der Waals surface area contributed by atoms with Gasteiger partial charge in [0.05, 0.1) is 17.0 Å². The molecular weight excluding hydrogens is 404 g/mol. The molecule has 0 aliphatic carbocycles. The molecule has 0 bridgehead atoms. The van der Waals surface area contributed by atoms with Crippen LogP contribution in [0.3, 0.4) is 0 Å². The first-order chi connectivity index (χ1) is 10.1. The number of furan rings is 2. The van der Waals surface area contributed by atoms with Crippen molar-refractivity contribution in [3.8, 4) is 0 Å². The Morgan fingerprint density at radius 2 is 2.14 bits per heavy atom. The minimum absolute atomic E-state index is 0.181. The predicted molar refractivity (Wildman–Crippen MR) is 85.4 cm³/mol. The predicted octanol–water partition coefficient (Wildman–Crippen LogP) is 4.31. The summed E-state index contributed by atoms with van der Waals surface area (Å²) in [5.41, 5.74) is 2.99. The number of halogens is 2. The van der Waals surface area contributed by atoms with Gasteiger partial charge in [-0.1, -0.05) is 15.9 Å². The lowest BCUT2D eigenvalue weighted by Crippen LogP contribution is -2.16. The van der Waals surface area contributed by atoms with E-state index in [0.717, 1.165) is 14.3 Å². The van der Waals surface area contributed by atoms with E-state index in [1.807, 2.05) is 12.1 Å². The molecule has 3 aromatic rings. The van der Waals surface area contributed by atoms with Crippen molar-refractivity contribution in [1.82, 2.24) is 5.43 Å². The molecule has 0 saturated carbocycles. The highest BCUT2D eigenvalue weighted by Crippen LogP contribution is 2.30. The van der Waals surface area contributed by atoms with Crippen LogP contribution in [0.4, 0.5) is 0 Å². The van der Waals surface area contributed by atoms with Crippen molar-refractivity contribution in [2.45, 2.75) is 0 Å². The molecule has 2 heterocycles. The summed E-state index contributed by atoms with van der Waals surface area (Å²) in [5, 5.41) is 4.62. The number of hydrogen-bond donors (Lipinski definition) is 1. The van der Waals surface area contributed by atoms with Crippen LogP contribution < -0.4 is 5.43 Å². The second-order valence-corrected chi connectivity index (χ2v) is 5.90. The molecule has 0 radical (unpaired) electrons. The van der Waals surface area contributed by atoms with Crippen LogP contribution in [0.1, 0.15) is 16.3 Å². The van der Waals surface area contributed by atoms with Crippen molar-refractivity contribution in [3.05, 3.63) is 57.1 Å². The monoisotopic (exact) mass is 410 g/mol. The molecule has 0 unspecified atom stereocenters. The van der Waals surface area contributed by atoms with Crippen LogP contribution in [-0.2, 0) is 0 Å². The molecule has 0 atom stereocenters. The van der Waals surface area contributed by atoms with Crippen molar-refractivity contribution in [3.63, 3.8) is 0 Å². The third-order valence-corrected chi connectivity index (χ3v) is 3.71. The van der Waals surface area contributed by atoms with Crippen molar-refractivity contribution < 1.29 is 13.6 Å². The van der Waals surface area contributed by atoms with Gasteiger partial charge in [0.1, 0.15) is 11.3 Å². The molecular formula is C14H8Br2N2O3. The Morgan fingerprint density at radius 1 is 1.29 bits per heavy atom. The number of hydrogen-bond acceptors (Lipinski definition) is 4. The van der Waals surface area contributed by atoms with Gasteiger partial charge in [-0.25, -0.2) is 5.43 Å². The van der Waals surface area contributed by atoms with E-state index in [1.54, 1.807) is 18.2 Å². The highest BCUT2D eigenvalue weighted by atomic mass is 79.9. The van der Waals surface area contributed by atoms with Gasteiger partial charge in [0.15, 0.2) is 5.76 Å². The summed E-state index contributed by atoms with van der Waals surface area (Å²) in [6.07, 6.45) is 2.94. The number of nitrogens with zero attached hydrogens (tertiary/aromatic N) is 1. The molecule has 0 saturated heterocycles. The summed E-state index contributed by atoms with van der Waals surface area (Å²) in [7, 11) is 0. The van der Waals surface area contributed by atoms with Gasteiger partial charge in [-0.05, 0) is 46.3 Å². The number of nitrogens with one attached hydrogen (secondary N) is 1. The molecule has 0 aliphatic heterocycles. The molecule has 7 heteroatoms. The van der Waals surface area contributed by atoms with Crippen LogP contribution in [0.25, 0.3) is 11.0 Å². The summed E-state index contributed by atoms with van der Waals surface area (Å²) in [4.78, 5) is 12.0. The lowest BCUT2D eigenvalue weighted by Gasteiger charge is -1.95. The summed E-state index contributed by atoms with van der Waals surface area (Å²) < 4.78 is 12.3. The first-order valence-corrected chi connectivity index (χ1v) is 7.47. The normalized spacial score (nSPS) is 11.3. The Labute approximate surface area is 136 Å². The second-order valence-electron chi connectivity index (χ2n) is 4.13. The highest BCUT2D eigenvalue weighted by Gasteiger charge is 2.14. The van der Waals surface area contributed by atoms with Crippen molar-refractivity contribution in [1.29, 1.82) is 0 Å². The molecule has 0 aliphatic rings. The minimum Gasteiger partial charge on any atom is -0.463 e. The Balaban J connectivity index is 1.80. The Morgan fingerprint density at radius 3 is 2.90 bits per heavy atom. The van der Waals surface area contributed by atoms with E-state index in [1.165, 1.54) is 12.5 Å². The van der Waals surface area contributed by atoms with E-state index >= 15 is 0 Å². The third-order valence-electron chi connectivity index (χ3n) is 2.66. The van der Waals surface area contributed by atoms with Gasteiger partial charge in [-0.15, -0.1) is 0 Å². The van der Waals surface area contributed by atoms with Gasteiger partial charge in [0.2, 0.25) is 0 Å². The average Bonchev–Trinajstić information content (AvgIpc) is 3.07. The Kier molecular flexibility index (Phi) is 3.94. The van der Waals surface area contributed by atoms with Gasteiger partial charge in [0, 0.05) is 9.86 Å². The fraction of sp³-hybridized carbons (Fsp3) is 0. The molecule has 2 aromatic heterocycles. The molecule has 21 heavy (non-hydrogen) atoms. The van der Waals surface area contributed by atoms with E-state index in [0.29, 0.717) is 11.3 Å². The number of amides is 1. The molecule has 0 fully saturated rings. The SMILES string of the molecule is O=C(N/N=C\c1ccco1)c1cc2cc(Br)cc(Br)c2o1. The average molecular weight is 412 g/mol. The van der Waals surface area contributed by atoms with Crippen molar-refractivity contribution >= 4 is 55.0 Å². The van der Waals surface area contributed by atoms with Crippen LogP contribution in [-0.4, -0.2) is 12.1 Å². The van der Waals surface area contributed by atoms with Crippen LogP contribution >= 0.6 is 31.9 Å². The van der Waals surface area contributed by atoms with Gasteiger partial charge in [-0.3, -0.25) is 4.79 Å². The number of carbonyl (C=O) groups is 1. The van der Waals surface area contributed by atoms with E-state index < -0.39 is 5.91 Å². The molecule has 1 aromatic carbocycles. The highest BCUT2D eigenvalue weighted by molar-refractivity contribution is 9.11. The second kappa shape index (κ2) is 5.87. The minimum atomic E-state index is -0.433. The van der Waals surface area contributed by atoms with Gasteiger partial charge in [0.25, 0.3) is 0 Å². The smallest absolute Gasteiger partial charge is 0.307 e. The molecule has 106 valence electrons. The molecule has 0 spiro atoms. The van der Waals surface area contributed by atoms with E-state index in [9.17, 15) is 4.79 Å². The number of fused-ring (bicyclic) bond motifs is 1. The van der Waals surface area contributed by atoms with E-state index in [-0.39, 0.29) is 5.76 Å². The zero-order valence-corrected chi connectivity index (χ0v) is 13.6. The van der Waals surface area contributed by atoms with Gasteiger partial charge >= 0.3 is 5.91 Å². The summed E-state index contributed by atoms with van der Waals surface area (Å²) >= 11 is 6.78. The first kappa shape index (κ1) is 14.1. The number of carbonyl (C=O) groups excluding carboxylic acids is 1.